The Kier molecular flexibility index (Phi) is 6.16. The van der Waals surface area contributed by atoms with Crippen molar-refractivity contribution in [1.82, 2.24) is 0 Å². The molecule has 0 aliphatic heterocycles. The lowest BCUT2D eigenvalue weighted by Gasteiger charge is -2.54. The van der Waals surface area contributed by atoms with Crippen molar-refractivity contribution in [1.29, 1.82) is 0 Å². The topological polar surface area (TPSA) is 38.7 Å². The van der Waals surface area contributed by atoms with Crippen LogP contribution in [-0.4, -0.2) is 17.3 Å². The fourth-order valence-electron chi connectivity index (χ4n) is 7.55. The molecule has 3 heteroatoms. The van der Waals surface area contributed by atoms with Gasteiger partial charge in [0.05, 0.1) is 25.4 Å². The van der Waals surface area contributed by atoms with Crippen molar-refractivity contribution >= 4 is 0 Å². The molecule has 3 aromatic rings. The molecule has 0 saturated heterocycles. The molecule has 6 rings (SSSR count). The van der Waals surface area contributed by atoms with E-state index in [0.717, 1.165) is 25.7 Å². The summed E-state index contributed by atoms with van der Waals surface area (Å²) in [4.78, 5) is 0. The van der Waals surface area contributed by atoms with Crippen LogP contribution < -0.4 is 0 Å². The number of rotatable bonds is 6. The van der Waals surface area contributed by atoms with E-state index >= 15 is 0 Å². The predicted molar refractivity (Wildman–Crippen MR) is 138 cm³/mol. The summed E-state index contributed by atoms with van der Waals surface area (Å²) >= 11 is 0. The quantitative estimate of drug-likeness (QED) is 0.422. The van der Waals surface area contributed by atoms with Crippen molar-refractivity contribution in [2.45, 2.75) is 70.4 Å². The first-order chi connectivity index (χ1) is 17.1. The van der Waals surface area contributed by atoms with Gasteiger partial charge in [-0.15, -0.1) is 0 Å². The second-order valence-electron chi connectivity index (χ2n) is 11.1. The van der Waals surface area contributed by atoms with Crippen LogP contribution in [0.2, 0.25) is 0 Å². The molecular weight excluding hydrogens is 432 g/mol. The normalized spacial score (nSPS) is 31.4. The molecule has 0 bridgehead atoms. The standard InChI is InChI=1S/C32H36O3/c1-32-19-29(34-20-22-8-4-2-5-9-22)31-26-15-13-25(33)18-24(26)12-14-27(31)28(32)16-17-30(32)35-21-23-10-6-3-7-11-23/h2-11,13,15,18,27-31,33H,12,14,16-17,19-21H2,1H3/t27-,28-,29-,30-,31+,32-/m0/s1. The molecule has 1 N–H and O–H groups in total. The highest BCUT2D eigenvalue weighted by atomic mass is 16.5. The third-order valence-electron chi connectivity index (χ3n) is 9.18. The maximum absolute atomic E-state index is 10.1. The van der Waals surface area contributed by atoms with Crippen LogP contribution in [0.5, 0.6) is 5.75 Å². The number of benzene rings is 3. The Morgan fingerprint density at radius 1 is 0.829 bits per heavy atom. The maximum atomic E-state index is 10.1. The number of aryl methyl sites for hydroxylation is 1. The second kappa shape index (κ2) is 9.44. The van der Waals surface area contributed by atoms with E-state index in [9.17, 15) is 5.11 Å². The maximum Gasteiger partial charge on any atom is 0.115 e. The summed E-state index contributed by atoms with van der Waals surface area (Å²) < 4.78 is 13.4. The molecular formula is C32H36O3. The summed E-state index contributed by atoms with van der Waals surface area (Å²) in [5.41, 5.74) is 5.29. The average molecular weight is 469 g/mol. The molecule has 6 atom stereocenters. The van der Waals surface area contributed by atoms with Gasteiger partial charge in [0.15, 0.2) is 0 Å². The van der Waals surface area contributed by atoms with Crippen LogP contribution in [0.1, 0.15) is 60.8 Å². The number of fused-ring (bicyclic) bond motifs is 5. The van der Waals surface area contributed by atoms with Gasteiger partial charge in [-0.3, -0.25) is 0 Å². The van der Waals surface area contributed by atoms with Gasteiger partial charge in [0.25, 0.3) is 0 Å². The van der Waals surface area contributed by atoms with E-state index in [1.165, 1.54) is 28.7 Å². The van der Waals surface area contributed by atoms with Crippen LogP contribution in [-0.2, 0) is 29.1 Å². The third kappa shape index (κ3) is 4.30. The van der Waals surface area contributed by atoms with Gasteiger partial charge in [-0.1, -0.05) is 73.7 Å². The highest BCUT2D eigenvalue weighted by Gasteiger charge is 2.58. The van der Waals surface area contributed by atoms with Crippen LogP contribution in [0, 0.1) is 17.3 Å². The number of aromatic hydroxyl groups is 1. The summed E-state index contributed by atoms with van der Waals surface area (Å²) in [6, 6.07) is 27.1. The molecule has 0 unspecified atom stereocenters. The summed E-state index contributed by atoms with van der Waals surface area (Å²) in [6.07, 6.45) is 5.99. The monoisotopic (exact) mass is 468 g/mol. The second-order valence-corrected chi connectivity index (χ2v) is 11.1. The number of hydrogen-bond donors (Lipinski definition) is 1. The molecule has 3 aliphatic carbocycles. The largest absolute Gasteiger partial charge is 0.508 e. The van der Waals surface area contributed by atoms with E-state index in [2.05, 4.69) is 73.7 Å². The van der Waals surface area contributed by atoms with E-state index in [0.29, 0.717) is 36.7 Å². The average Bonchev–Trinajstić information content (AvgIpc) is 3.22. The summed E-state index contributed by atoms with van der Waals surface area (Å²) in [7, 11) is 0. The lowest BCUT2D eigenvalue weighted by atomic mass is 9.54. The molecule has 2 fully saturated rings. The Balaban J connectivity index is 1.29. The van der Waals surface area contributed by atoms with E-state index in [1.807, 2.05) is 12.1 Å². The van der Waals surface area contributed by atoms with Crippen LogP contribution in [0.3, 0.4) is 0 Å². The van der Waals surface area contributed by atoms with Crippen LogP contribution >= 0.6 is 0 Å². The summed E-state index contributed by atoms with van der Waals surface area (Å²) in [6.45, 7) is 3.79. The van der Waals surface area contributed by atoms with Crippen molar-refractivity contribution in [2.24, 2.45) is 17.3 Å². The van der Waals surface area contributed by atoms with Crippen molar-refractivity contribution < 1.29 is 14.6 Å². The SMILES string of the molecule is C[C@]12C[C@H](OCc3ccccc3)[C@@H]3c4ccc(O)cc4CC[C@H]3[C@@H]1CC[C@@H]2OCc1ccccc1. The van der Waals surface area contributed by atoms with E-state index in [1.54, 1.807) is 0 Å². The summed E-state index contributed by atoms with van der Waals surface area (Å²) in [5.74, 6) is 2.00. The molecule has 3 nitrogen and oxygen atoms in total. The highest BCUT2D eigenvalue weighted by molar-refractivity contribution is 5.41. The first-order valence-corrected chi connectivity index (χ1v) is 13.2. The molecule has 0 amide bonds. The number of ether oxygens (including phenoxy) is 2. The highest BCUT2D eigenvalue weighted by Crippen LogP contribution is 2.62. The molecule has 3 aromatic carbocycles. The molecule has 0 spiro atoms. The zero-order valence-electron chi connectivity index (χ0n) is 20.6. The van der Waals surface area contributed by atoms with Gasteiger partial charge in [-0.25, -0.2) is 0 Å². The number of phenolic OH excluding ortho intramolecular Hbond substituents is 1. The van der Waals surface area contributed by atoms with Gasteiger partial charge in [0, 0.05) is 5.92 Å². The van der Waals surface area contributed by atoms with Gasteiger partial charge in [-0.2, -0.15) is 0 Å². The predicted octanol–water partition coefficient (Wildman–Crippen LogP) is 7.03. The smallest absolute Gasteiger partial charge is 0.115 e. The Morgan fingerprint density at radius 3 is 2.23 bits per heavy atom. The minimum Gasteiger partial charge on any atom is -0.508 e. The van der Waals surface area contributed by atoms with Crippen LogP contribution in [0.25, 0.3) is 0 Å². The Bertz CT molecular complexity index is 1140. The first kappa shape index (κ1) is 22.8. The fourth-order valence-corrected chi connectivity index (χ4v) is 7.55. The minimum atomic E-state index is 0.117. The molecule has 0 heterocycles. The lowest BCUT2D eigenvalue weighted by molar-refractivity contribution is -0.127. The van der Waals surface area contributed by atoms with Gasteiger partial charge < -0.3 is 14.6 Å². The fraction of sp³-hybridized carbons (Fsp3) is 0.438. The van der Waals surface area contributed by atoms with Crippen molar-refractivity contribution in [3.8, 4) is 5.75 Å². The molecule has 0 radical (unpaired) electrons. The Morgan fingerprint density at radius 2 is 1.51 bits per heavy atom. The van der Waals surface area contributed by atoms with Gasteiger partial charge >= 0.3 is 0 Å². The lowest BCUT2D eigenvalue weighted by Crippen LogP contribution is -2.51. The molecule has 3 aliphatic rings. The third-order valence-corrected chi connectivity index (χ3v) is 9.18. The molecule has 0 aromatic heterocycles. The molecule has 2 saturated carbocycles. The molecule has 182 valence electrons. The van der Waals surface area contributed by atoms with Crippen LogP contribution in [0.4, 0.5) is 0 Å². The van der Waals surface area contributed by atoms with Gasteiger partial charge in [-0.05, 0) is 83.7 Å². The zero-order valence-corrected chi connectivity index (χ0v) is 20.6. The van der Waals surface area contributed by atoms with E-state index < -0.39 is 0 Å². The molecule has 35 heavy (non-hydrogen) atoms. The zero-order chi connectivity index (χ0) is 23.8. The van der Waals surface area contributed by atoms with Crippen molar-refractivity contribution in [2.75, 3.05) is 0 Å². The Hall–Kier alpha value is -2.62. The Labute approximate surface area is 209 Å². The number of phenols is 1. The van der Waals surface area contributed by atoms with Crippen LogP contribution in [0.15, 0.2) is 78.9 Å². The van der Waals surface area contributed by atoms with E-state index in [4.69, 9.17) is 9.47 Å². The summed E-state index contributed by atoms with van der Waals surface area (Å²) in [5, 5.41) is 10.1. The van der Waals surface area contributed by atoms with Crippen molar-refractivity contribution in [3.05, 3.63) is 101 Å². The van der Waals surface area contributed by atoms with Gasteiger partial charge in [0.2, 0.25) is 0 Å². The van der Waals surface area contributed by atoms with Crippen molar-refractivity contribution in [3.63, 3.8) is 0 Å². The first-order valence-electron chi connectivity index (χ1n) is 13.2. The minimum absolute atomic E-state index is 0.117. The van der Waals surface area contributed by atoms with Gasteiger partial charge in [0.1, 0.15) is 5.75 Å². The number of hydrogen-bond acceptors (Lipinski definition) is 3. The van der Waals surface area contributed by atoms with E-state index in [-0.39, 0.29) is 17.6 Å².